The lowest BCUT2D eigenvalue weighted by Crippen LogP contribution is -2.30. The Balaban J connectivity index is 2.52. The molecule has 0 saturated heterocycles. The summed E-state index contributed by atoms with van der Waals surface area (Å²) in [6, 6.07) is 7.41. The van der Waals surface area contributed by atoms with Crippen molar-refractivity contribution in [2.45, 2.75) is 51.8 Å². The topological polar surface area (TPSA) is 72.2 Å². The van der Waals surface area contributed by atoms with Crippen LogP contribution >= 0.6 is 0 Å². The van der Waals surface area contributed by atoms with Crippen LogP contribution in [0.4, 0.5) is 0 Å². The summed E-state index contributed by atoms with van der Waals surface area (Å²) < 4.78 is 27.0. The van der Waals surface area contributed by atoms with E-state index in [-0.39, 0.29) is 5.75 Å². The monoisotopic (exact) mass is 312 g/mol. The first-order valence-corrected chi connectivity index (χ1v) is 9.41. The number of sulfonamides is 1. The highest BCUT2D eigenvalue weighted by Gasteiger charge is 2.14. The maximum atomic E-state index is 12.1. The minimum atomic E-state index is -3.27. The summed E-state index contributed by atoms with van der Waals surface area (Å²) in [4.78, 5) is 0. The van der Waals surface area contributed by atoms with E-state index in [9.17, 15) is 8.42 Å². The quantitative estimate of drug-likeness (QED) is 0.698. The number of hydrogen-bond acceptors (Lipinski definition) is 3. The molecule has 0 heterocycles. The largest absolute Gasteiger partial charge is 0.326 e. The number of benzene rings is 1. The zero-order chi connectivity index (χ0) is 15.7. The number of rotatable bonds is 10. The molecule has 0 saturated carbocycles. The van der Waals surface area contributed by atoms with Gasteiger partial charge in [-0.1, -0.05) is 57.4 Å². The molecule has 1 aromatic rings. The molecule has 1 unspecified atom stereocenters. The molecule has 0 fully saturated rings. The Kier molecular flexibility index (Phi) is 7.93. The third kappa shape index (κ3) is 7.07. The zero-order valence-corrected chi connectivity index (χ0v) is 14.0. The van der Waals surface area contributed by atoms with Crippen molar-refractivity contribution in [3.05, 3.63) is 35.4 Å². The Morgan fingerprint density at radius 2 is 1.76 bits per heavy atom. The van der Waals surface area contributed by atoms with E-state index in [0.29, 0.717) is 19.0 Å². The minimum absolute atomic E-state index is 0.0298. The van der Waals surface area contributed by atoms with Gasteiger partial charge in [0.05, 0.1) is 5.75 Å². The van der Waals surface area contributed by atoms with E-state index in [1.807, 2.05) is 24.3 Å². The van der Waals surface area contributed by atoms with Gasteiger partial charge in [-0.3, -0.25) is 0 Å². The first-order valence-electron chi connectivity index (χ1n) is 7.76. The van der Waals surface area contributed by atoms with Gasteiger partial charge in [0.15, 0.2) is 0 Å². The molecular formula is C16H28N2O2S. The van der Waals surface area contributed by atoms with Crippen molar-refractivity contribution in [3.63, 3.8) is 0 Å². The molecular weight excluding hydrogens is 284 g/mol. The summed E-state index contributed by atoms with van der Waals surface area (Å²) in [5.41, 5.74) is 7.33. The Morgan fingerprint density at radius 1 is 1.14 bits per heavy atom. The summed E-state index contributed by atoms with van der Waals surface area (Å²) in [7, 11) is -3.27. The average molecular weight is 312 g/mol. The van der Waals surface area contributed by atoms with Crippen LogP contribution in [0.5, 0.6) is 0 Å². The summed E-state index contributed by atoms with van der Waals surface area (Å²) in [6.45, 7) is 5.28. The number of hydrogen-bond donors (Lipinski definition) is 2. The van der Waals surface area contributed by atoms with Crippen LogP contribution in [0.2, 0.25) is 0 Å². The normalized spacial score (nSPS) is 13.3. The van der Waals surface area contributed by atoms with Crippen molar-refractivity contribution in [1.82, 2.24) is 4.72 Å². The molecule has 0 aliphatic heterocycles. The number of nitrogens with one attached hydrogen (secondary N) is 1. The lowest BCUT2D eigenvalue weighted by atomic mass is 10.00. The smallest absolute Gasteiger partial charge is 0.215 e. The predicted molar refractivity (Wildman–Crippen MR) is 88.3 cm³/mol. The van der Waals surface area contributed by atoms with Crippen molar-refractivity contribution < 1.29 is 8.42 Å². The molecule has 3 N–H and O–H groups in total. The molecule has 0 aromatic heterocycles. The molecule has 0 radical (unpaired) electrons. The van der Waals surface area contributed by atoms with Gasteiger partial charge in [0.2, 0.25) is 10.0 Å². The molecule has 1 atom stereocenters. The van der Waals surface area contributed by atoms with Crippen molar-refractivity contribution in [2.75, 3.05) is 6.54 Å². The van der Waals surface area contributed by atoms with Crippen LogP contribution in [0.15, 0.2) is 24.3 Å². The molecule has 4 nitrogen and oxygen atoms in total. The van der Waals surface area contributed by atoms with Crippen LogP contribution in [0.3, 0.4) is 0 Å². The van der Waals surface area contributed by atoms with E-state index in [0.717, 1.165) is 36.8 Å². The molecule has 5 heteroatoms. The molecule has 1 rings (SSSR count). The second-order valence-corrected chi connectivity index (χ2v) is 7.35. The van der Waals surface area contributed by atoms with Gasteiger partial charge in [-0.05, 0) is 23.5 Å². The molecule has 0 aliphatic rings. The highest BCUT2D eigenvalue weighted by molar-refractivity contribution is 7.88. The maximum Gasteiger partial charge on any atom is 0.215 e. The van der Waals surface area contributed by atoms with Crippen LogP contribution in [-0.4, -0.2) is 15.0 Å². The summed E-state index contributed by atoms with van der Waals surface area (Å²) in [6.07, 6.45) is 4.39. The van der Waals surface area contributed by atoms with Gasteiger partial charge in [-0.2, -0.15) is 0 Å². The van der Waals surface area contributed by atoms with E-state index in [1.54, 1.807) is 0 Å². The highest BCUT2D eigenvalue weighted by atomic mass is 32.2. The maximum absolute atomic E-state index is 12.1. The molecule has 21 heavy (non-hydrogen) atoms. The fourth-order valence-electron chi connectivity index (χ4n) is 2.23. The highest BCUT2D eigenvalue weighted by Crippen LogP contribution is 2.13. The Hall–Kier alpha value is -0.910. The van der Waals surface area contributed by atoms with Gasteiger partial charge in [0, 0.05) is 13.1 Å². The van der Waals surface area contributed by atoms with E-state index >= 15 is 0 Å². The summed E-state index contributed by atoms with van der Waals surface area (Å²) in [5, 5.41) is 0. The Bertz CT molecular complexity index is 498. The lowest BCUT2D eigenvalue weighted by molar-refractivity contribution is 0.443. The fraction of sp³-hybridized carbons (Fsp3) is 0.625. The summed E-state index contributed by atoms with van der Waals surface area (Å²) >= 11 is 0. The van der Waals surface area contributed by atoms with Gasteiger partial charge < -0.3 is 5.73 Å². The molecule has 0 bridgehead atoms. The van der Waals surface area contributed by atoms with Gasteiger partial charge in [0.25, 0.3) is 0 Å². The first kappa shape index (κ1) is 18.1. The van der Waals surface area contributed by atoms with Gasteiger partial charge >= 0.3 is 0 Å². The second kappa shape index (κ2) is 9.18. The minimum Gasteiger partial charge on any atom is -0.326 e. The zero-order valence-electron chi connectivity index (χ0n) is 13.1. The van der Waals surface area contributed by atoms with Gasteiger partial charge in [0.1, 0.15) is 0 Å². The van der Waals surface area contributed by atoms with Gasteiger partial charge in [-0.15, -0.1) is 0 Å². The fourth-order valence-corrected chi connectivity index (χ4v) is 3.45. The Morgan fingerprint density at radius 3 is 2.29 bits per heavy atom. The van der Waals surface area contributed by atoms with E-state index in [2.05, 4.69) is 18.6 Å². The third-order valence-corrected chi connectivity index (χ3v) is 5.07. The van der Waals surface area contributed by atoms with Crippen LogP contribution < -0.4 is 10.5 Å². The van der Waals surface area contributed by atoms with Crippen LogP contribution in [0.1, 0.15) is 50.7 Å². The number of unbranched alkanes of at least 4 members (excludes halogenated alkanes) is 1. The van der Waals surface area contributed by atoms with Gasteiger partial charge in [-0.25, -0.2) is 13.1 Å². The van der Waals surface area contributed by atoms with Crippen LogP contribution in [0.25, 0.3) is 0 Å². The molecule has 120 valence electrons. The SMILES string of the molecule is CCCCC(CC)CNS(=O)(=O)Cc1ccc(CN)cc1. The molecule has 0 aliphatic carbocycles. The second-order valence-electron chi connectivity index (χ2n) is 5.54. The predicted octanol–water partition coefficient (Wildman–Crippen LogP) is 2.78. The lowest BCUT2D eigenvalue weighted by Gasteiger charge is -2.15. The van der Waals surface area contributed by atoms with Crippen LogP contribution in [-0.2, 0) is 22.3 Å². The van der Waals surface area contributed by atoms with E-state index < -0.39 is 10.0 Å². The number of nitrogens with two attached hydrogens (primary N) is 1. The van der Waals surface area contributed by atoms with Crippen molar-refractivity contribution in [3.8, 4) is 0 Å². The van der Waals surface area contributed by atoms with E-state index in [4.69, 9.17) is 5.73 Å². The molecule has 0 spiro atoms. The van der Waals surface area contributed by atoms with Crippen molar-refractivity contribution in [2.24, 2.45) is 11.7 Å². The Labute approximate surface area is 129 Å². The average Bonchev–Trinajstić information content (AvgIpc) is 2.48. The third-order valence-electron chi connectivity index (χ3n) is 3.75. The molecule has 1 aromatic carbocycles. The van der Waals surface area contributed by atoms with Crippen molar-refractivity contribution in [1.29, 1.82) is 0 Å². The van der Waals surface area contributed by atoms with E-state index in [1.165, 1.54) is 0 Å². The standard InChI is InChI=1S/C16H28N2O2S/c1-3-5-6-14(4-2)12-18-21(19,20)13-16-9-7-15(11-17)8-10-16/h7-10,14,18H,3-6,11-13,17H2,1-2H3. The van der Waals surface area contributed by atoms with Crippen LogP contribution in [0, 0.1) is 5.92 Å². The van der Waals surface area contributed by atoms with Crippen molar-refractivity contribution >= 4 is 10.0 Å². The first-order chi connectivity index (χ1) is 10.0. The summed E-state index contributed by atoms with van der Waals surface area (Å²) in [5.74, 6) is 0.460. The molecule has 0 amide bonds.